The minimum absolute atomic E-state index is 0.177. The number of hydrogen-bond donors (Lipinski definition) is 2. The van der Waals surface area contributed by atoms with Crippen LogP contribution in [-0.4, -0.2) is 10.1 Å². The molecule has 1 aromatic carbocycles. The van der Waals surface area contributed by atoms with Crippen LogP contribution in [0, 0.1) is 6.92 Å². The highest BCUT2D eigenvalue weighted by Gasteiger charge is 2.30. The van der Waals surface area contributed by atoms with E-state index in [0.717, 1.165) is 17.7 Å². The molecule has 0 aliphatic heterocycles. The zero-order valence-corrected chi connectivity index (χ0v) is 11.8. The first-order valence-electron chi connectivity index (χ1n) is 6.03. The van der Waals surface area contributed by atoms with E-state index in [1.54, 1.807) is 12.3 Å². The number of benzene rings is 1. The van der Waals surface area contributed by atoms with Crippen molar-refractivity contribution in [3.63, 3.8) is 0 Å². The van der Waals surface area contributed by atoms with Crippen LogP contribution in [0.2, 0.25) is 0 Å². The first-order chi connectivity index (χ1) is 9.86. The molecule has 0 bridgehead atoms. The van der Waals surface area contributed by atoms with Crippen LogP contribution in [0.15, 0.2) is 42.6 Å². The highest BCUT2D eigenvalue weighted by Crippen LogP contribution is 2.30. The lowest BCUT2D eigenvalue weighted by Crippen LogP contribution is -2.20. The van der Waals surface area contributed by atoms with Gasteiger partial charge in [0.15, 0.2) is 5.11 Å². The molecule has 2 N–H and O–H groups in total. The van der Waals surface area contributed by atoms with Crippen LogP contribution in [-0.2, 0) is 6.18 Å². The summed E-state index contributed by atoms with van der Waals surface area (Å²) in [6.07, 6.45) is -2.79. The lowest BCUT2D eigenvalue weighted by atomic mass is 10.2. The minimum Gasteiger partial charge on any atom is -0.332 e. The zero-order chi connectivity index (χ0) is 15.5. The molecule has 0 unspecified atom stereocenters. The maximum Gasteiger partial charge on any atom is 0.416 e. The van der Waals surface area contributed by atoms with Gasteiger partial charge in [0.25, 0.3) is 0 Å². The topological polar surface area (TPSA) is 37.0 Å². The summed E-state index contributed by atoms with van der Waals surface area (Å²) in [5, 5.41) is 5.73. The molecule has 3 nitrogen and oxygen atoms in total. The number of alkyl halides is 3. The number of halogens is 3. The van der Waals surface area contributed by atoms with Crippen molar-refractivity contribution in [3.8, 4) is 0 Å². The number of nitrogens with one attached hydrogen (secondary N) is 2. The lowest BCUT2D eigenvalue weighted by molar-refractivity contribution is -0.137. The predicted molar refractivity (Wildman–Crippen MR) is 80.3 cm³/mol. The van der Waals surface area contributed by atoms with Crippen molar-refractivity contribution in [2.75, 3.05) is 10.6 Å². The Morgan fingerprint density at radius 3 is 2.57 bits per heavy atom. The minimum atomic E-state index is -4.38. The van der Waals surface area contributed by atoms with Gasteiger partial charge < -0.3 is 10.6 Å². The van der Waals surface area contributed by atoms with E-state index in [4.69, 9.17) is 12.2 Å². The summed E-state index contributed by atoms with van der Waals surface area (Å²) < 4.78 is 37.9. The monoisotopic (exact) mass is 311 g/mol. The molecule has 7 heteroatoms. The fourth-order valence-corrected chi connectivity index (χ4v) is 1.87. The summed E-state index contributed by atoms with van der Waals surface area (Å²) in [5.41, 5.74) is 0.408. The van der Waals surface area contributed by atoms with Gasteiger partial charge >= 0.3 is 6.18 Å². The summed E-state index contributed by atoms with van der Waals surface area (Å²) in [7, 11) is 0. The Morgan fingerprint density at radius 2 is 1.90 bits per heavy atom. The van der Waals surface area contributed by atoms with Gasteiger partial charge in [-0.2, -0.15) is 13.2 Å². The van der Waals surface area contributed by atoms with Gasteiger partial charge in [-0.15, -0.1) is 0 Å². The normalized spacial score (nSPS) is 11.0. The molecule has 0 saturated heterocycles. The van der Waals surface area contributed by atoms with Gasteiger partial charge in [0.2, 0.25) is 0 Å². The molecule has 21 heavy (non-hydrogen) atoms. The summed E-state index contributed by atoms with van der Waals surface area (Å²) in [6, 6.07) is 8.46. The Kier molecular flexibility index (Phi) is 4.42. The van der Waals surface area contributed by atoms with Gasteiger partial charge in [0.1, 0.15) is 5.82 Å². The number of thiocarbonyl (C=S) groups is 1. The number of anilines is 2. The van der Waals surface area contributed by atoms with E-state index < -0.39 is 11.7 Å². The summed E-state index contributed by atoms with van der Waals surface area (Å²) >= 11 is 5.07. The van der Waals surface area contributed by atoms with Crippen molar-refractivity contribution in [2.45, 2.75) is 13.1 Å². The van der Waals surface area contributed by atoms with Crippen LogP contribution in [0.25, 0.3) is 0 Å². The number of hydrogen-bond acceptors (Lipinski definition) is 2. The fraction of sp³-hybridized carbons (Fsp3) is 0.143. The third-order valence-electron chi connectivity index (χ3n) is 2.69. The van der Waals surface area contributed by atoms with Crippen LogP contribution in [0.4, 0.5) is 24.7 Å². The second kappa shape index (κ2) is 6.09. The fourth-order valence-electron chi connectivity index (χ4n) is 1.66. The maximum atomic E-state index is 12.6. The molecule has 2 rings (SSSR count). The molecular weight excluding hydrogens is 299 g/mol. The molecule has 0 aliphatic rings. The second-order valence-corrected chi connectivity index (χ2v) is 4.73. The van der Waals surface area contributed by atoms with Crippen molar-refractivity contribution >= 4 is 28.8 Å². The lowest BCUT2D eigenvalue weighted by Gasteiger charge is -2.13. The SMILES string of the molecule is Cc1cccnc1NC(=S)Nc1cccc(C(F)(F)F)c1. The van der Waals surface area contributed by atoms with Crippen molar-refractivity contribution < 1.29 is 13.2 Å². The third kappa shape index (κ3) is 4.16. The van der Waals surface area contributed by atoms with Crippen LogP contribution >= 0.6 is 12.2 Å². The van der Waals surface area contributed by atoms with Crippen molar-refractivity contribution in [1.29, 1.82) is 0 Å². The molecule has 0 saturated carbocycles. The molecule has 0 amide bonds. The summed E-state index contributed by atoms with van der Waals surface area (Å²) in [6.45, 7) is 1.85. The van der Waals surface area contributed by atoms with Gasteiger partial charge in [-0.25, -0.2) is 4.98 Å². The van der Waals surface area contributed by atoms with Gasteiger partial charge in [-0.3, -0.25) is 0 Å². The van der Waals surface area contributed by atoms with E-state index in [9.17, 15) is 13.2 Å². The average Bonchev–Trinajstić information content (AvgIpc) is 2.41. The number of aromatic nitrogens is 1. The Balaban J connectivity index is 2.08. The summed E-state index contributed by atoms with van der Waals surface area (Å²) in [4.78, 5) is 4.10. The predicted octanol–water partition coefficient (Wildman–Crippen LogP) is 4.22. The molecule has 0 atom stereocenters. The molecule has 0 radical (unpaired) electrons. The van der Waals surface area contributed by atoms with Gasteiger partial charge in [0.05, 0.1) is 5.56 Å². The number of aryl methyl sites for hydroxylation is 1. The Labute approximate surface area is 125 Å². The Hall–Kier alpha value is -2.15. The molecule has 0 fully saturated rings. The highest BCUT2D eigenvalue weighted by atomic mass is 32.1. The summed E-state index contributed by atoms with van der Waals surface area (Å²) in [5.74, 6) is 0.557. The van der Waals surface area contributed by atoms with Gasteiger partial charge in [0, 0.05) is 11.9 Å². The Bertz CT molecular complexity index is 656. The largest absolute Gasteiger partial charge is 0.416 e. The molecule has 2 aromatic rings. The quantitative estimate of drug-likeness (QED) is 0.814. The van der Waals surface area contributed by atoms with Crippen molar-refractivity contribution in [1.82, 2.24) is 4.98 Å². The van der Waals surface area contributed by atoms with E-state index in [2.05, 4.69) is 15.6 Å². The molecule has 1 aromatic heterocycles. The number of nitrogens with zero attached hydrogens (tertiary/aromatic N) is 1. The zero-order valence-electron chi connectivity index (χ0n) is 11.0. The number of pyridine rings is 1. The second-order valence-electron chi connectivity index (χ2n) is 4.33. The standard InChI is InChI=1S/C14H12F3N3S/c1-9-4-3-7-18-12(9)20-13(21)19-11-6-2-5-10(8-11)14(15,16)17/h2-8H,1H3,(H2,18,19,20,21). The van der Waals surface area contributed by atoms with E-state index in [-0.39, 0.29) is 10.8 Å². The van der Waals surface area contributed by atoms with Gasteiger partial charge in [-0.1, -0.05) is 12.1 Å². The molecular formula is C14H12F3N3S. The van der Waals surface area contributed by atoms with E-state index >= 15 is 0 Å². The molecule has 110 valence electrons. The first kappa shape index (κ1) is 15.2. The van der Waals surface area contributed by atoms with Crippen molar-refractivity contribution in [3.05, 3.63) is 53.7 Å². The molecule has 0 aliphatic carbocycles. The van der Waals surface area contributed by atoms with Crippen molar-refractivity contribution in [2.24, 2.45) is 0 Å². The van der Waals surface area contributed by atoms with E-state index in [1.165, 1.54) is 12.1 Å². The van der Waals surface area contributed by atoms with Crippen LogP contribution in [0.3, 0.4) is 0 Å². The third-order valence-corrected chi connectivity index (χ3v) is 2.89. The van der Waals surface area contributed by atoms with E-state index in [0.29, 0.717) is 5.82 Å². The average molecular weight is 311 g/mol. The van der Waals surface area contributed by atoms with E-state index in [1.807, 2.05) is 13.0 Å². The van der Waals surface area contributed by atoms with Crippen LogP contribution in [0.1, 0.15) is 11.1 Å². The maximum absolute atomic E-state index is 12.6. The molecule has 0 spiro atoms. The number of rotatable bonds is 2. The Morgan fingerprint density at radius 1 is 1.14 bits per heavy atom. The first-order valence-corrected chi connectivity index (χ1v) is 6.44. The van der Waals surface area contributed by atoms with Crippen LogP contribution in [0.5, 0.6) is 0 Å². The smallest absolute Gasteiger partial charge is 0.332 e. The van der Waals surface area contributed by atoms with Crippen LogP contribution < -0.4 is 10.6 Å². The highest BCUT2D eigenvalue weighted by molar-refractivity contribution is 7.80. The molecule has 1 heterocycles. The van der Waals surface area contributed by atoms with Gasteiger partial charge in [-0.05, 0) is 49.0 Å².